The van der Waals surface area contributed by atoms with Crippen LogP contribution in [0.15, 0.2) is 60.3 Å². The lowest BCUT2D eigenvalue weighted by atomic mass is 10.2. The summed E-state index contributed by atoms with van der Waals surface area (Å²) in [7, 11) is 0. The van der Waals surface area contributed by atoms with Gasteiger partial charge in [-0.2, -0.15) is 0 Å². The second-order valence-corrected chi connectivity index (χ2v) is 6.63. The number of hydrogen-bond acceptors (Lipinski definition) is 6. The first kappa shape index (κ1) is 18.5. The van der Waals surface area contributed by atoms with Gasteiger partial charge in [0.2, 0.25) is 0 Å². The summed E-state index contributed by atoms with van der Waals surface area (Å²) in [6, 6.07) is 15.4. The molecule has 0 aliphatic carbocycles. The van der Waals surface area contributed by atoms with Crippen molar-refractivity contribution in [1.82, 2.24) is 0 Å². The van der Waals surface area contributed by atoms with Crippen LogP contribution in [0.2, 0.25) is 0 Å². The molecule has 3 rings (SSSR count). The van der Waals surface area contributed by atoms with Crippen molar-refractivity contribution in [2.45, 2.75) is 33.2 Å². The number of nitrogens with one attached hydrogen (secondary N) is 1. The molecule has 0 aromatic heterocycles. The Morgan fingerprint density at radius 3 is 2.33 bits per heavy atom. The van der Waals surface area contributed by atoms with Gasteiger partial charge in [-0.1, -0.05) is 30.3 Å². The molecule has 6 heteroatoms. The van der Waals surface area contributed by atoms with Crippen LogP contribution in [0.4, 0.5) is 5.69 Å². The summed E-state index contributed by atoms with van der Waals surface area (Å²) in [5.41, 5.74) is 2.53. The van der Waals surface area contributed by atoms with E-state index >= 15 is 0 Å². The van der Waals surface area contributed by atoms with Crippen LogP contribution in [-0.2, 0) is 25.7 Å². The predicted molar refractivity (Wildman–Crippen MR) is 99.9 cm³/mol. The van der Waals surface area contributed by atoms with E-state index in [0.29, 0.717) is 6.61 Å². The first-order chi connectivity index (χ1) is 12.8. The third-order valence-electron chi connectivity index (χ3n) is 3.94. The van der Waals surface area contributed by atoms with Gasteiger partial charge in [-0.25, -0.2) is 9.59 Å². The minimum Gasteiger partial charge on any atom is -0.489 e. The molecule has 6 nitrogen and oxygen atoms in total. The van der Waals surface area contributed by atoms with Crippen molar-refractivity contribution in [2.75, 3.05) is 5.32 Å². The van der Waals surface area contributed by atoms with Crippen LogP contribution in [0.3, 0.4) is 0 Å². The molecule has 2 aromatic rings. The fourth-order valence-corrected chi connectivity index (χ4v) is 2.56. The molecule has 1 saturated heterocycles. The minimum absolute atomic E-state index is 0.182. The van der Waals surface area contributed by atoms with Crippen molar-refractivity contribution in [3.63, 3.8) is 0 Å². The molecular formula is C21H21NO5. The summed E-state index contributed by atoms with van der Waals surface area (Å²) < 4.78 is 15.9. The Hall–Kier alpha value is -3.28. The number of anilines is 1. The van der Waals surface area contributed by atoms with E-state index in [1.807, 2.05) is 55.5 Å². The van der Waals surface area contributed by atoms with Gasteiger partial charge >= 0.3 is 11.9 Å². The highest BCUT2D eigenvalue weighted by Gasteiger charge is 2.38. The van der Waals surface area contributed by atoms with E-state index < -0.39 is 17.7 Å². The van der Waals surface area contributed by atoms with Crippen LogP contribution in [0.1, 0.15) is 25.0 Å². The highest BCUT2D eigenvalue weighted by Crippen LogP contribution is 2.25. The number of hydrogen-bond donors (Lipinski definition) is 1. The molecule has 0 saturated carbocycles. The summed E-state index contributed by atoms with van der Waals surface area (Å²) in [6.45, 7) is 5.39. The van der Waals surface area contributed by atoms with Crippen molar-refractivity contribution in [1.29, 1.82) is 0 Å². The number of carbonyl (C=O) groups is 2. The van der Waals surface area contributed by atoms with Gasteiger partial charge in [0.05, 0.1) is 0 Å². The van der Waals surface area contributed by atoms with E-state index in [1.54, 1.807) is 0 Å². The number of esters is 2. The van der Waals surface area contributed by atoms with E-state index in [2.05, 4.69) is 5.32 Å². The van der Waals surface area contributed by atoms with Crippen molar-refractivity contribution < 1.29 is 23.8 Å². The van der Waals surface area contributed by atoms with Gasteiger partial charge in [-0.3, -0.25) is 0 Å². The molecule has 1 aliphatic rings. The van der Waals surface area contributed by atoms with Crippen molar-refractivity contribution in [2.24, 2.45) is 0 Å². The molecule has 0 unspecified atom stereocenters. The second-order valence-electron chi connectivity index (χ2n) is 6.63. The standard InChI is InChI=1S/C21H21NO5/c1-14-11-16(25-13-15-7-5-4-6-8-15)9-10-18(14)22-12-17-19(23)26-21(2,3)27-20(17)24/h4-12,22H,13H2,1-3H3. The Morgan fingerprint density at radius 1 is 1.04 bits per heavy atom. The Labute approximate surface area is 157 Å². The van der Waals surface area contributed by atoms with E-state index in [-0.39, 0.29) is 5.57 Å². The molecule has 1 fully saturated rings. The Morgan fingerprint density at radius 2 is 1.70 bits per heavy atom. The quantitative estimate of drug-likeness (QED) is 0.493. The fourth-order valence-electron chi connectivity index (χ4n) is 2.56. The van der Waals surface area contributed by atoms with Crippen LogP contribution >= 0.6 is 0 Å². The molecule has 2 aromatic carbocycles. The number of aryl methyl sites for hydroxylation is 1. The van der Waals surface area contributed by atoms with Crippen molar-refractivity contribution in [3.8, 4) is 5.75 Å². The number of cyclic esters (lactones) is 2. The summed E-state index contributed by atoms with van der Waals surface area (Å²) in [4.78, 5) is 23.9. The lowest BCUT2D eigenvalue weighted by Gasteiger charge is -2.29. The molecule has 0 spiro atoms. The van der Waals surface area contributed by atoms with Gasteiger partial charge in [-0.15, -0.1) is 0 Å². The third-order valence-corrected chi connectivity index (χ3v) is 3.94. The molecule has 1 N–H and O–H groups in total. The normalized spacial score (nSPS) is 15.6. The molecule has 140 valence electrons. The van der Waals surface area contributed by atoms with Gasteiger partial charge in [0.25, 0.3) is 5.79 Å². The number of ether oxygens (including phenoxy) is 3. The Kier molecular flexibility index (Phi) is 5.16. The van der Waals surface area contributed by atoms with E-state index in [9.17, 15) is 9.59 Å². The van der Waals surface area contributed by atoms with Crippen molar-refractivity contribution >= 4 is 17.6 Å². The minimum atomic E-state index is -1.25. The van der Waals surface area contributed by atoms with Gasteiger partial charge in [0, 0.05) is 25.7 Å². The van der Waals surface area contributed by atoms with Gasteiger partial charge in [0.15, 0.2) is 5.57 Å². The fraction of sp³-hybridized carbons (Fsp3) is 0.238. The molecule has 1 heterocycles. The lowest BCUT2D eigenvalue weighted by Crippen LogP contribution is -2.42. The number of rotatable bonds is 5. The largest absolute Gasteiger partial charge is 0.489 e. The lowest BCUT2D eigenvalue weighted by molar-refractivity contribution is -0.222. The van der Waals surface area contributed by atoms with Crippen LogP contribution in [0, 0.1) is 6.92 Å². The smallest absolute Gasteiger partial charge is 0.350 e. The Balaban J connectivity index is 1.66. The zero-order valence-electron chi connectivity index (χ0n) is 15.4. The highest BCUT2D eigenvalue weighted by atomic mass is 16.7. The van der Waals surface area contributed by atoms with E-state index in [1.165, 1.54) is 20.0 Å². The predicted octanol–water partition coefficient (Wildman–Crippen LogP) is 3.71. The molecule has 0 radical (unpaired) electrons. The maximum Gasteiger partial charge on any atom is 0.350 e. The topological polar surface area (TPSA) is 73.9 Å². The molecular weight excluding hydrogens is 346 g/mol. The van der Waals surface area contributed by atoms with Crippen LogP contribution in [0.25, 0.3) is 0 Å². The summed E-state index contributed by atoms with van der Waals surface area (Å²) in [5, 5.41) is 2.95. The van der Waals surface area contributed by atoms with E-state index in [0.717, 1.165) is 22.6 Å². The van der Waals surface area contributed by atoms with Gasteiger partial charge in [0.1, 0.15) is 12.4 Å². The third kappa shape index (κ3) is 4.67. The first-order valence-corrected chi connectivity index (χ1v) is 8.55. The number of benzene rings is 2. The van der Waals surface area contributed by atoms with Crippen molar-refractivity contribution in [3.05, 3.63) is 71.4 Å². The summed E-state index contributed by atoms with van der Waals surface area (Å²) in [5.74, 6) is -1.96. The van der Waals surface area contributed by atoms with Crippen LogP contribution in [-0.4, -0.2) is 17.7 Å². The monoisotopic (exact) mass is 367 g/mol. The Bertz CT molecular complexity index is 865. The van der Waals surface area contributed by atoms with Gasteiger partial charge < -0.3 is 19.5 Å². The SMILES string of the molecule is Cc1cc(OCc2ccccc2)ccc1NC=C1C(=O)OC(C)(C)OC1=O. The van der Waals surface area contributed by atoms with Crippen LogP contribution < -0.4 is 10.1 Å². The highest BCUT2D eigenvalue weighted by molar-refractivity contribution is 6.15. The van der Waals surface area contributed by atoms with Crippen LogP contribution in [0.5, 0.6) is 5.75 Å². The maximum atomic E-state index is 11.9. The summed E-state index contributed by atoms with van der Waals surface area (Å²) in [6.07, 6.45) is 1.30. The molecule has 0 atom stereocenters. The number of carbonyl (C=O) groups excluding carboxylic acids is 2. The van der Waals surface area contributed by atoms with Gasteiger partial charge in [-0.05, 0) is 36.2 Å². The summed E-state index contributed by atoms with van der Waals surface area (Å²) >= 11 is 0. The van der Waals surface area contributed by atoms with E-state index in [4.69, 9.17) is 14.2 Å². The molecule has 27 heavy (non-hydrogen) atoms. The second kappa shape index (κ2) is 7.53. The average molecular weight is 367 g/mol. The maximum absolute atomic E-state index is 11.9. The zero-order chi connectivity index (χ0) is 19.4. The molecule has 1 aliphatic heterocycles. The zero-order valence-corrected chi connectivity index (χ0v) is 15.4. The molecule has 0 amide bonds. The average Bonchev–Trinajstić information content (AvgIpc) is 2.60. The molecule has 0 bridgehead atoms. The first-order valence-electron chi connectivity index (χ1n) is 8.55.